The third-order valence-electron chi connectivity index (χ3n) is 3.73. The molecule has 4 heteroatoms. The van der Waals surface area contributed by atoms with Crippen molar-refractivity contribution in [3.8, 4) is 6.07 Å². The molecule has 106 valence electrons. The van der Waals surface area contributed by atoms with E-state index in [4.69, 9.17) is 28.5 Å². The first kappa shape index (κ1) is 14.3. The molecule has 1 N–H and O–H groups in total. The van der Waals surface area contributed by atoms with Gasteiger partial charge < -0.3 is 5.32 Å². The SMILES string of the molecule is N#Cc1ccc(Cl)c(NC(c2ccc(Cl)cc2)C2CC2)c1. The molecule has 1 atom stereocenters. The van der Waals surface area contributed by atoms with E-state index in [0.29, 0.717) is 16.5 Å². The van der Waals surface area contributed by atoms with Gasteiger partial charge >= 0.3 is 0 Å². The van der Waals surface area contributed by atoms with E-state index in [1.54, 1.807) is 18.2 Å². The predicted octanol–water partition coefficient (Wildman–Crippen LogP) is 5.43. The maximum absolute atomic E-state index is 9.02. The largest absolute Gasteiger partial charge is 0.377 e. The quantitative estimate of drug-likeness (QED) is 0.816. The third kappa shape index (κ3) is 3.32. The zero-order valence-electron chi connectivity index (χ0n) is 11.3. The summed E-state index contributed by atoms with van der Waals surface area (Å²) in [6.07, 6.45) is 2.41. The second-order valence-electron chi connectivity index (χ2n) is 5.32. The van der Waals surface area contributed by atoms with Crippen molar-refractivity contribution in [1.29, 1.82) is 5.26 Å². The Morgan fingerprint density at radius 3 is 2.43 bits per heavy atom. The molecule has 0 aromatic heterocycles. The number of nitriles is 1. The Hall–Kier alpha value is -1.69. The molecule has 0 aliphatic heterocycles. The Balaban J connectivity index is 1.89. The zero-order chi connectivity index (χ0) is 14.8. The highest BCUT2D eigenvalue weighted by molar-refractivity contribution is 6.33. The van der Waals surface area contributed by atoms with Crippen LogP contribution < -0.4 is 5.32 Å². The molecule has 0 amide bonds. The van der Waals surface area contributed by atoms with Gasteiger partial charge in [-0.3, -0.25) is 0 Å². The van der Waals surface area contributed by atoms with Gasteiger partial charge in [-0.25, -0.2) is 0 Å². The van der Waals surface area contributed by atoms with Crippen LogP contribution in [0.5, 0.6) is 0 Å². The normalized spacial score (nSPS) is 15.3. The number of benzene rings is 2. The van der Waals surface area contributed by atoms with Crippen LogP contribution in [0.25, 0.3) is 0 Å². The standard InChI is InChI=1S/C17H14Cl2N2/c18-14-6-4-13(5-7-14)17(12-2-3-12)21-16-9-11(10-20)1-8-15(16)19/h1,4-9,12,17,21H,2-3H2. The number of nitrogens with one attached hydrogen (secondary N) is 1. The van der Waals surface area contributed by atoms with E-state index >= 15 is 0 Å². The number of halogens is 2. The molecule has 3 rings (SSSR count). The molecule has 0 radical (unpaired) electrons. The topological polar surface area (TPSA) is 35.8 Å². The van der Waals surface area contributed by atoms with Crippen molar-refractivity contribution in [3.05, 3.63) is 63.6 Å². The van der Waals surface area contributed by atoms with Crippen LogP contribution in [0.3, 0.4) is 0 Å². The van der Waals surface area contributed by atoms with E-state index in [1.165, 1.54) is 18.4 Å². The molecule has 1 fully saturated rings. The van der Waals surface area contributed by atoms with E-state index in [9.17, 15) is 0 Å². The van der Waals surface area contributed by atoms with Gasteiger partial charge in [0.05, 0.1) is 28.4 Å². The number of hydrogen-bond acceptors (Lipinski definition) is 2. The number of rotatable bonds is 4. The van der Waals surface area contributed by atoms with Crippen molar-refractivity contribution >= 4 is 28.9 Å². The van der Waals surface area contributed by atoms with Crippen molar-refractivity contribution < 1.29 is 0 Å². The summed E-state index contributed by atoms with van der Waals surface area (Å²) in [6.45, 7) is 0. The van der Waals surface area contributed by atoms with Crippen molar-refractivity contribution in [2.24, 2.45) is 5.92 Å². The van der Waals surface area contributed by atoms with E-state index < -0.39 is 0 Å². The van der Waals surface area contributed by atoms with Gasteiger partial charge in [0.2, 0.25) is 0 Å². The van der Waals surface area contributed by atoms with Gasteiger partial charge in [-0.1, -0.05) is 35.3 Å². The smallest absolute Gasteiger partial charge is 0.0992 e. The fourth-order valence-electron chi connectivity index (χ4n) is 2.45. The first-order chi connectivity index (χ1) is 10.2. The average Bonchev–Trinajstić information content (AvgIpc) is 3.32. The van der Waals surface area contributed by atoms with Crippen LogP contribution in [0.15, 0.2) is 42.5 Å². The molecule has 2 nitrogen and oxygen atoms in total. The molecule has 2 aromatic carbocycles. The lowest BCUT2D eigenvalue weighted by atomic mass is 10.0. The maximum atomic E-state index is 9.02. The molecule has 1 saturated carbocycles. The Labute approximate surface area is 134 Å². The molecule has 0 bridgehead atoms. The summed E-state index contributed by atoms with van der Waals surface area (Å²) in [5, 5.41) is 13.9. The van der Waals surface area contributed by atoms with Crippen LogP contribution in [0, 0.1) is 17.2 Å². The number of nitrogens with zero attached hydrogens (tertiary/aromatic N) is 1. The highest BCUT2D eigenvalue weighted by Gasteiger charge is 2.32. The molecule has 1 aliphatic rings. The lowest BCUT2D eigenvalue weighted by Gasteiger charge is -2.21. The van der Waals surface area contributed by atoms with E-state index in [2.05, 4.69) is 11.4 Å². The van der Waals surface area contributed by atoms with E-state index in [1.807, 2.05) is 24.3 Å². The molecule has 0 saturated heterocycles. The molecule has 2 aromatic rings. The van der Waals surface area contributed by atoms with Crippen LogP contribution in [-0.2, 0) is 0 Å². The molecular weight excluding hydrogens is 303 g/mol. The second-order valence-corrected chi connectivity index (χ2v) is 6.16. The molecule has 0 spiro atoms. The van der Waals surface area contributed by atoms with Crippen LogP contribution in [0.2, 0.25) is 10.0 Å². The molecule has 21 heavy (non-hydrogen) atoms. The van der Waals surface area contributed by atoms with Crippen LogP contribution in [-0.4, -0.2) is 0 Å². The zero-order valence-corrected chi connectivity index (χ0v) is 12.8. The molecule has 1 aliphatic carbocycles. The molecule has 1 unspecified atom stereocenters. The van der Waals surface area contributed by atoms with Crippen LogP contribution in [0.1, 0.15) is 30.0 Å². The minimum absolute atomic E-state index is 0.203. The summed E-state index contributed by atoms with van der Waals surface area (Å²) in [5.41, 5.74) is 2.61. The average molecular weight is 317 g/mol. The van der Waals surface area contributed by atoms with Gasteiger partial charge in [0.15, 0.2) is 0 Å². The van der Waals surface area contributed by atoms with Crippen LogP contribution in [0.4, 0.5) is 5.69 Å². The van der Waals surface area contributed by atoms with Crippen molar-refractivity contribution in [1.82, 2.24) is 0 Å². The van der Waals surface area contributed by atoms with Gasteiger partial charge in [0, 0.05) is 5.02 Å². The minimum Gasteiger partial charge on any atom is -0.377 e. The Kier molecular flexibility index (Phi) is 4.05. The Morgan fingerprint density at radius 1 is 1.10 bits per heavy atom. The van der Waals surface area contributed by atoms with Gasteiger partial charge in [-0.2, -0.15) is 5.26 Å². The van der Waals surface area contributed by atoms with Crippen LogP contribution >= 0.6 is 23.2 Å². The second kappa shape index (κ2) is 5.97. The first-order valence-electron chi connectivity index (χ1n) is 6.89. The predicted molar refractivity (Wildman–Crippen MR) is 86.7 cm³/mol. The van der Waals surface area contributed by atoms with E-state index in [0.717, 1.165) is 10.7 Å². The summed E-state index contributed by atoms with van der Waals surface area (Å²) < 4.78 is 0. The van der Waals surface area contributed by atoms with E-state index in [-0.39, 0.29) is 6.04 Å². The highest BCUT2D eigenvalue weighted by atomic mass is 35.5. The first-order valence-corrected chi connectivity index (χ1v) is 7.64. The Bertz CT molecular complexity index is 685. The Morgan fingerprint density at radius 2 is 1.81 bits per heavy atom. The van der Waals surface area contributed by atoms with Gasteiger partial charge in [-0.05, 0) is 54.7 Å². The monoisotopic (exact) mass is 316 g/mol. The number of hydrogen-bond donors (Lipinski definition) is 1. The molecule has 0 heterocycles. The maximum Gasteiger partial charge on any atom is 0.0992 e. The fraction of sp³-hybridized carbons (Fsp3) is 0.235. The van der Waals surface area contributed by atoms with Gasteiger partial charge in [0.25, 0.3) is 0 Å². The fourth-order valence-corrected chi connectivity index (χ4v) is 2.74. The summed E-state index contributed by atoms with van der Waals surface area (Å²) in [4.78, 5) is 0. The molecular formula is C17H14Cl2N2. The van der Waals surface area contributed by atoms with Crippen molar-refractivity contribution in [2.75, 3.05) is 5.32 Å². The minimum atomic E-state index is 0.203. The van der Waals surface area contributed by atoms with Crippen molar-refractivity contribution in [3.63, 3.8) is 0 Å². The number of anilines is 1. The third-order valence-corrected chi connectivity index (χ3v) is 4.31. The van der Waals surface area contributed by atoms with Gasteiger partial charge in [-0.15, -0.1) is 0 Å². The van der Waals surface area contributed by atoms with Gasteiger partial charge in [0.1, 0.15) is 0 Å². The lowest BCUT2D eigenvalue weighted by molar-refractivity contribution is 0.679. The highest BCUT2D eigenvalue weighted by Crippen LogP contribution is 2.43. The van der Waals surface area contributed by atoms with Crippen molar-refractivity contribution in [2.45, 2.75) is 18.9 Å². The summed E-state index contributed by atoms with van der Waals surface area (Å²) in [6, 6.07) is 15.5. The summed E-state index contributed by atoms with van der Waals surface area (Å²) in [7, 11) is 0. The summed E-state index contributed by atoms with van der Waals surface area (Å²) in [5.74, 6) is 0.605. The lowest BCUT2D eigenvalue weighted by Crippen LogP contribution is -2.13. The summed E-state index contributed by atoms with van der Waals surface area (Å²) >= 11 is 12.2.